The predicted octanol–water partition coefficient (Wildman–Crippen LogP) is 2.89. The average Bonchev–Trinajstić information content (AvgIpc) is 3.06. The van der Waals surface area contributed by atoms with Gasteiger partial charge in [0.25, 0.3) is 0 Å². The van der Waals surface area contributed by atoms with E-state index < -0.39 is 0 Å². The van der Waals surface area contributed by atoms with Crippen LogP contribution in [0, 0.1) is 0 Å². The summed E-state index contributed by atoms with van der Waals surface area (Å²) in [6.07, 6.45) is 5.89. The molecule has 24 heavy (non-hydrogen) atoms. The molecule has 3 rings (SSSR count). The number of rotatable bonds is 4. The number of guanidine groups is 1. The van der Waals surface area contributed by atoms with Gasteiger partial charge in [-0.2, -0.15) is 11.8 Å². The van der Waals surface area contributed by atoms with Crippen molar-refractivity contribution in [3.8, 4) is 11.5 Å². The maximum absolute atomic E-state index is 5.96. The summed E-state index contributed by atoms with van der Waals surface area (Å²) < 4.78 is 11.7. The van der Waals surface area contributed by atoms with Gasteiger partial charge in [0.05, 0.1) is 6.54 Å². The Morgan fingerprint density at radius 2 is 2.08 bits per heavy atom. The van der Waals surface area contributed by atoms with E-state index in [0.717, 1.165) is 22.7 Å². The molecule has 7 heteroatoms. The predicted molar refractivity (Wildman–Crippen MR) is 111 cm³/mol. The first-order valence-electron chi connectivity index (χ1n) is 8.17. The van der Waals surface area contributed by atoms with Crippen molar-refractivity contribution in [2.24, 2.45) is 4.99 Å². The maximum Gasteiger partial charge on any atom is 0.191 e. The van der Waals surface area contributed by atoms with Crippen molar-refractivity contribution >= 4 is 41.7 Å². The number of hydrogen-bond donors (Lipinski definition) is 2. The van der Waals surface area contributed by atoms with Gasteiger partial charge < -0.3 is 20.1 Å². The first kappa shape index (κ1) is 19.5. The molecule has 0 amide bonds. The highest BCUT2D eigenvalue weighted by molar-refractivity contribution is 14.0. The number of halogens is 1. The van der Waals surface area contributed by atoms with Crippen molar-refractivity contribution in [1.82, 2.24) is 10.6 Å². The summed E-state index contributed by atoms with van der Waals surface area (Å²) >= 11 is 1.96. The fourth-order valence-corrected chi connectivity index (χ4v) is 3.84. The van der Waals surface area contributed by atoms with Crippen LogP contribution in [0.1, 0.15) is 19.3 Å². The minimum Gasteiger partial charge on any atom is -0.486 e. The fourth-order valence-electron chi connectivity index (χ4n) is 3.05. The Balaban J connectivity index is 0.00000208. The van der Waals surface area contributed by atoms with Gasteiger partial charge in [-0.05, 0) is 37.7 Å². The van der Waals surface area contributed by atoms with E-state index in [0.29, 0.717) is 19.2 Å². The zero-order chi connectivity index (χ0) is 16.1. The van der Waals surface area contributed by atoms with Crippen molar-refractivity contribution in [1.29, 1.82) is 0 Å². The lowest BCUT2D eigenvalue weighted by atomic mass is 10.2. The topological polar surface area (TPSA) is 54.9 Å². The van der Waals surface area contributed by atoms with Crippen LogP contribution in [-0.2, 0) is 0 Å². The van der Waals surface area contributed by atoms with Crippen molar-refractivity contribution in [2.45, 2.75) is 36.7 Å². The fraction of sp³-hybridized carbons (Fsp3) is 0.588. The minimum absolute atomic E-state index is 0. The first-order chi connectivity index (χ1) is 11.3. The van der Waals surface area contributed by atoms with Gasteiger partial charge in [-0.25, -0.2) is 0 Å². The molecule has 2 aliphatic rings. The Kier molecular flexibility index (Phi) is 7.80. The number of benzene rings is 1. The van der Waals surface area contributed by atoms with Crippen LogP contribution in [0.3, 0.4) is 0 Å². The van der Waals surface area contributed by atoms with E-state index in [4.69, 9.17) is 9.47 Å². The van der Waals surface area contributed by atoms with Gasteiger partial charge in [-0.1, -0.05) is 12.1 Å². The van der Waals surface area contributed by atoms with Crippen LogP contribution < -0.4 is 20.1 Å². The zero-order valence-electron chi connectivity index (χ0n) is 14.2. The second kappa shape index (κ2) is 9.60. The molecule has 1 aliphatic carbocycles. The lowest BCUT2D eigenvalue weighted by Gasteiger charge is -2.27. The van der Waals surface area contributed by atoms with Crippen LogP contribution in [0.15, 0.2) is 29.3 Å². The SMILES string of the molecule is CN=C(NCC1COc2ccccc2O1)NC1CCC(SC)C1.I. The number of aliphatic imine (C=N–C) groups is 1. The van der Waals surface area contributed by atoms with Gasteiger partial charge in [0.1, 0.15) is 12.7 Å². The largest absolute Gasteiger partial charge is 0.486 e. The number of nitrogens with zero attached hydrogens (tertiary/aromatic N) is 1. The van der Waals surface area contributed by atoms with Crippen molar-refractivity contribution in [3.63, 3.8) is 0 Å². The number of thioether (sulfide) groups is 1. The highest BCUT2D eigenvalue weighted by atomic mass is 127. The molecule has 1 fully saturated rings. The van der Waals surface area contributed by atoms with Gasteiger partial charge in [0.15, 0.2) is 17.5 Å². The van der Waals surface area contributed by atoms with Crippen LogP contribution in [0.25, 0.3) is 0 Å². The smallest absolute Gasteiger partial charge is 0.191 e. The molecule has 3 unspecified atom stereocenters. The van der Waals surface area contributed by atoms with E-state index in [1.54, 1.807) is 0 Å². The van der Waals surface area contributed by atoms with Gasteiger partial charge in [0.2, 0.25) is 0 Å². The molecule has 0 aromatic heterocycles. The lowest BCUT2D eigenvalue weighted by Crippen LogP contribution is -2.47. The van der Waals surface area contributed by atoms with Crippen LogP contribution in [0.5, 0.6) is 11.5 Å². The minimum atomic E-state index is -0.00836. The molecule has 0 bridgehead atoms. The Morgan fingerprint density at radius 1 is 1.29 bits per heavy atom. The summed E-state index contributed by atoms with van der Waals surface area (Å²) in [6, 6.07) is 8.30. The number of nitrogens with one attached hydrogen (secondary N) is 2. The molecule has 134 valence electrons. The molecule has 2 N–H and O–H groups in total. The van der Waals surface area contributed by atoms with E-state index in [2.05, 4.69) is 21.9 Å². The second-order valence-electron chi connectivity index (χ2n) is 5.96. The third kappa shape index (κ3) is 5.08. The second-order valence-corrected chi connectivity index (χ2v) is 7.10. The Bertz CT molecular complexity index is 558. The highest BCUT2D eigenvalue weighted by Gasteiger charge is 2.25. The average molecular weight is 463 g/mol. The monoisotopic (exact) mass is 463 g/mol. The number of hydrogen-bond acceptors (Lipinski definition) is 4. The number of fused-ring (bicyclic) bond motifs is 1. The van der Waals surface area contributed by atoms with Gasteiger partial charge >= 0.3 is 0 Å². The maximum atomic E-state index is 5.96. The lowest BCUT2D eigenvalue weighted by molar-refractivity contribution is 0.0936. The Morgan fingerprint density at radius 3 is 2.79 bits per heavy atom. The van der Waals surface area contributed by atoms with Crippen molar-refractivity contribution in [3.05, 3.63) is 24.3 Å². The third-order valence-corrected chi connectivity index (χ3v) is 5.44. The summed E-state index contributed by atoms with van der Waals surface area (Å²) in [5.74, 6) is 2.48. The van der Waals surface area contributed by atoms with Crippen molar-refractivity contribution < 1.29 is 9.47 Å². The molecule has 0 spiro atoms. The molecule has 1 aromatic carbocycles. The third-order valence-electron chi connectivity index (χ3n) is 4.35. The van der Waals surface area contributed by atoms with Crippen LogP contribution in [0.2, 0.25) is 0 Å². The van der Waals surface area contributed by atoms with E-state index >= 15 is 0 Å². The van der Waals surface area contributed by atoms with Crippen LogP contribution in [-0.4, -0.2) is 49.8 Å². The molecule has 3 atom stereocenters. The van der Waals surface area contributed by atoms with Crippen molar-refractivity contribution in [2.75, 3.05) is 26.5 Å². The van der Waals surface area contributed by atoms with Crippen LogP contribution >= 0.6 is 35.7 Å². The van der Waals surface area contributed by atoms with E-state index in [1.807, 2.05) is 43.1 Å². The summed E-state index contributed by atoms with van der Waals surface area (Å²) in [6.45, 7) is 1.23. The summed E-state index contributed by atoms with van der Waals surface area (Å²) in [5, 5.41) is 7.65. The molecule has 0 radical (unpaired) electrons. The number of ether oxygens (including phenoxy) is 2. The molecule has 0 saturated heterocycles. The van der Waals surface area contributed by atoms with E-state index in [-0.39, 0.29) is 30.1 Å². The molecule has 5 nitrogen and oxygen atoms in total. The first-order valence-corrected chi connectivity index (χ1v) is 9.45. The quantitative estimate of drug-likeness (QED) is 0.409. The van der Waals surface area contributed by atoms with E-state index in [9.17, 15) is 0 Å². The summed E-state index contributed by atoms with van der Waals surface area (Å²) in [7, 11) is 1.81. The summed E-state index contributed by atoms with van der Waals surface area (Å²) in [4.78, 5) is 4.32. The van der Waals surface area contributed by atoms with E-state index in [1.165, 1.54) is 19.3 Å². The molecule has 1 heterocycles. The Hall–Kier alpha value is -0.830. The molecular weight excluding hydrogens is 437 g/mol. The van der Waals surface area contributed by atoms with Gasteiger partial charge in [0, 0.05) is 18.3 Å². The summed E-state index contributed by atoms with van der Waals surface area (Å²) in [5.41, 5.74) is 0. The van der Waals surface area contributed by atoms with Gasteiger partial charge in [-0.3, -0.25) is 4.99 Å². The molecule has 1 aliphatic heterocycles. The molecule has 1 aromatic rings. The zero-order valence-corrected chi connectivity index (χ0v) is 17.3. The molecule has 1 saturated carbocycles. The normalized spacial score (nSPS) is 25.8. The standard InChI is InChI=1S/C17H25N3O2S.HI/c1-18-17(20-12-7-8-14(9-12)23-2)19-10-13-11-21-15-5-3-4-6-16(15)22-13;/h3-6,12-14H,7-11H2,1-2H3,(H2,18,19,20);1H. The van der Waals surface area contributed by atoms with Crippen LogP contribution in [0.4, 0.5) is 0 Å². The van der Waals surface area contributed by atoms with Gasteiger partial charge in [-0.15, -0.1) is 24.0 Å². The highest BCUT2D eigenvalue weighted by Crippen LogP contribution is 2.30. The number of para-hydroxylation sites is 2. The molecular formula is C17H26IN3O2S. The Labute approximate surface area is 165 Å².